The van der Waals surface area contributed by atoms with E-state index in [9.17, 15) is 4.79 Å². The molecule has 0 spiro atoms. The first-order chi connectivity index (χ1) is 7.16. The Labute approximate surface area is 96.3 Å². The van der Waals surface area contributed by atoms with E-state index < -0.39 is 0 Å². The number of aliphatic hydroxyl groups excluding tert-OH is 1. The van der Waals surface area contributed by atoms with Crippen LogP contribution in [0, 0.1) is 6.92 Å². The number of hydrogen-bond donors (Lipinski definition) is 2. The second-order valence-electron chi connectivity index (χ2n) is 2.93. The summed E-state index contributed by atoms with van der Waals surface area (Å²) in [6, 6.07) is 5.48. The Morgan fingerprint density at radius 1 is 1.60 bits per heavy atom. The average molecular weight is 274 g/mol. The third-order valence-corrected chi connectivity index (χ3v) is 2.47. The molecule has 0 fully saturated rings. The van der Waals surface area contributed by atoms with E-state index in [1.165, 1.54) is 0 Å². The first kappa shape index (κ1) is 12.2. The lowest BCUT2D eigenvalue weighted by Gasteiger charge is -2.08. The topological polar surface area (TPSA) is 58.6 Å². The quantitative estimate of drug-likeness (QED) is 0.644. The monoisotopic (exact) mass is 273 g/mol. The molecule has 1 amide bonds. The Morgan fingerprint density at radius 3 is 2.93 bits per heavy atom. The van der Waals surface area contributed by atoms with E-state index in [-0.39, 0.29) is 19.1 Å². The lowest BCUT2D eigenvalue weighted by molar-refractivity contribution is 0.0167. The second-order valence-corrected chi connectivity index (χ2v) is 3.79. The van der Waals surface area contributed by atoms with Crippen LogP contribution in [0.25, 0.3) is 0 Å². The lowest BCUT2D eigenvalue weighted by atomic mass is 10.1. The molecular weight excluding hydrogens is 262 g/mol. The molecule has 0 bridgehead atoms. The highest BCUT2D eigenvalue weighted by molar-refractivity contribution is 9.10. The maximum atomic E-state index is 11.6. The van der Waals surface area contributed by atoms with Crippen LogP contribution in [-0.4, -0.2) is 24.2 Å². The molecule has 0 radical (unpaired) electrons. The molecule has 0 saturated carbocycles. The highest BCUT2D eigenvalue weighted by atomic mass is 79.9. The van der Waals surface area contributed by atoms with E-state index >= 15 is 0 Å². The third-order valence-electron chi connectivity index (χ3n) is 1.81. The fourth-order valence-electron chi connectivity index (χ4n) is 1.13. The number of halogens is 1. The molecule has 0 aliphatic rings. The van der Waals surface area contributed by atoms with Gasteiger partial charge in [0.2, 0.25) is 0 Å². The highest BCUT2D eigenvalue weighted by Gasteiger charge is 2.12. The van der Waals surface area contributed by atoms with Crippen LogP contribution in [0.4, 0.5) is 0 Å². The van der Waals surface area contributed by atoms with Gasteiger partial charge in [-0.1, -0.05) is 12.1 Å². The van der Waals surface area contributed by atoms with Gasteiger partial charge in [0, 0.05) is 4.47 Å². The number of aliphatic hydroxyl groups is 1. The molecule has 0 heterocycles. The minimum atomic E-state index is -0.326. The fraction of sp³-hybridized carbons (Fsp3) is 0.300. The highest BCUT2D eigenvalue weighted by Crippen LogP contribution is 2.19. The molecule has 5 heteroatoms. The van der Waals surface area contributed by atoms with Crippen LogP contribution < -0.4 is 5.48 Å². The Balaban J connectivity index is 2.73. The van der Waals surface area contributed by atoms with Crippen LogP contribution in [-0.2, 0) is 4.84 Å². The molecule has 0 saturated heterocycles. The van der Waals surface area contributed by atoms with Crippen molar-refractivity contribution in [3.05, 3.63) is 33.8 Å². The van der Waals surface area contributed by atoms with Crippen LogP contribution in [0.15, 0.2) is 22.7 Å². The molecular formula is C10H12BrNO3. The van der Waals surface area contributed by atoms with Crippen LogP contribution >= 0.6 is 15.9 Å². The van der Waals surface area contributed by atoms with Crippen molar-refractivity contribution >= 4 is 21.8 Å². The van der Waals surface area contributed by atoms with Gasteiger partial charge in [0.1, 0.15) is 0 Å². The maximum Gasteiger partial charge on any atom is 0.276 e. The maximum absolute atomic E-state index is 11.6. The molecule has 2 N–H and O–H groups in total. The zero-order valence-electron chi connectivity index (χ0n) is 8.29. The molecule has 1 aromatic rings. The summed E-state index contributed by atoms with van der Waals surface area (Å²) in [4.78, 5) is 16.4. The molecule has 1 rings (SSSR count). The second kappa shape index (κ2) is 5.85. The van der Waals surface area contributed by atoms with Gasteiger partial charge in [0.05, 0.1) is 18.8 Å². The van der Waals surface area contributed by atoms with Crippen molar-refractivity contribution in [2.24, 2.45) is 0 Å². The summed E-state index contributed by atoms with van der Waals surface area (Å²) in [6.07, 6.45) is 0. The molecule has 0 atom stereocenters. The van der Waals surface area contributed by atoms with Crippen molar-refractivity contribution in [2.75, 3.05) is 13.2 Å². The Kier molecular flexibility index (Phi) is 4.74. The summed E-state index contributed by atoms with van der Waals surface area (Å²) in [5.74, 6) is -0.326. The van der Waals surface area contributed by atoms with Gasteiger partial charge < -0.3 is 5.11 Å². The molecule has 0 aliphatic heterocycles. The van der Waals surface area contributed by atoms with E-state index in [4.69, 9.17) is 9.94 Å². The van der Waals surface area contributed by atoms with Gasteiger partial charge in [0.15, 0.2) is 0 Å². The predicted octanol–water partition coefficient (Wildman–Crippen LogP) is 1.41. The van der Waals surface area contributed by atoms with Gasteiger partial charge in [-0.3, -0.25) is 9.63 Å². The van der Waals surface area contributed by atoms with E-state index in [0.29, 0.717) is 10.0 Å². The van der Waals surface area contributed by atoms with Crippen molar-refractivity contribution in [3.63, 3.8) is 0 Å². The van der Waals surface area contributed by atoms with Gasteiger partial charge in [-0.25, -0.2) is 5.48 Å². The number of aryl methyl sites for hydroxylation is 1. The summed E-state index contributed by atoms with van der Waals surface area (Å²) in [5, 5.41) is 8.47. The molecule has 4 nitrogen and oxygen atoms in total. The smallest absolute Gasteiger partial charge is 0.276 e. The van der Waals surface area contributed by atoms with Crippen LogP contribution in [0.5, 0.6) is 0 Å². The molecule has 15 heavy (non-hydrogen) atoms. The molecule has 0 aliphatic carbocycles. The third kappa shape index (κ3) is 3.30. The van der Waals surface area contributed by atoms with E-state index in [1.807, 2.05) is 19.1 Å². The van der Waals surface area contributed by atoms with Gasteiger partial charge >= 0.3 is 0 Å². The summed E-state index contributed by atoms with van der Waals surface area (Å²) in [6.45, 7) is 1.79. The summed E-state index contributed by atoms with van der Waals surface area (Å²) >= 11 is 3.29. The van der Waals surface area contributed by atoms with Crippen molar-refractivity contribution in [2.45, 2.75) is 6.92 Å². The summed E-state index contributed by atoms with van der Waals surface area (Å²) in [7, 11) is 0. The van der Waals surface area contributed by atoms with Crippen molar-refractivity contribution < 1.29 is 14.7 Å². The standard InChI is InChI=1S/C10H12BrNO3/c1-7-3-2-4-8(11)9(7)10(14)12-15-6-5-13/h2-4,13H,5-6H2,1H3,(H,12,14). The number of carbonyl (C=O) groups excluding carboxylic acids is 1. The lowest BCUT2D eigenvalue weighted by Crippen LogP contribution is -2.26. The Hall–Kier alpha value is -0.910. The molecule has 1 aromatic carbocycles. The predicted molar refractivity (Wildman–Crippen MR) is 59.4 cm³/mol. The van der Waals surface area contributed by atoms with Gasteiger partial charge in [0.25, 0.3) is 5.91 Å². The zero-order valence-corrected chi connectivity index (χ0v) is 9.87. The number of amides is 1. The van der Waals surface area contributed by atoms with Gasteiger partial charge in [-0.05, 0) is 34.5 Å². The summed E-state index contributed by atoms with van der Waals surface area (Å²) in [5.41, 5.74) is 3.65. The van der Waals surface area contributed by atoms with Crippen LogP contribution in [0.3, 0.4) is 0 Å². The van der Waals surface area contributed by atoms with Gasteiger partial charge in [-0.15, -0.1) is 0 Å². The van der Waals surface area contributed by atoms with E-state index in [0.717, 1.165) is 5.56 Å². The fourth-order valence-corrected chi connectivity index (χ4v) is 1.78. The first-order valence-electron chi connectivity index (χ1n) is 4.45. The van der Waals surface area contributed by atoms with Crippen LogP contribution in [0.2, 0.25) is 0 Å². The Bertz CT molecular complexity index is 334. The zero-order chi connectivity index (χ0) is 11.3. The van der Waals surface area contributed by atoms with Crippen molar-refractivity contribution in [1.29, 1.82) is 0 Å². The van der Waals surface area contributed by atoms with E-state index in [1.54, 1.807) is 6.07 Å². The number of nitrogens with one attached hydrogen (secondary N) is 1. The number of hydroxylamine groups is 1. The van der Waals surface area contributed by atoms with Crippen molar-refractivity contribution in [1.82, 2.24) is 5.48 Å². The SMILES string of the molecule is Cc1cccc(Br)c1C(=O)NOCCO. The molecule has 82 valence electrons. The normalized spacial score (nSPS) is 10.1. The number of rotatable bonds is 4. The molecule has 0 unspecified atom stereocenters. The molecule has 0 aromatic heterocycles. The van der Waals surface area contributed by atoms with Crippen LogP contribution in [0.1, 0.15) is 15.9 Å². The number of hydrogen-bond acceptors (Lipinski definition) is 3. The largest absolute Gasteiger partial charge is 0.394 e. The first-order valence-corrected chi connectivity index (χ1v) is 5.24. The van der Waals surface area contributed by atoms with E-state index in [2.05, 4.69) is 21.4 Å². The minimum Gasteiger partial charge on any atom is -0.394 e. The average Bonchev–Trinajstić information content (AvgIpc) is 2.18. The number of carbonyl (C=O) groups is 1. The summed E-state index contributed by atoms with van der Waals surface area (Å²) < 4.78 is 0.715. The Morgan fingerprint density at radius 2 is 2.33 bits per heavy atom. The van der Waals surface area contributed by atoms with Crippen molar-refractivity contribution in [3.8, 4) is 0 Å². The number of benzene rings is 1. The van der Waals surface area contributed by atoms with Gasteiger partial charge in [-0.2, -0.15) is 0 Å². The minimum absolute atomic E-state index is 0.0786.